The van der Waals surface area contributed by atoms with Gasteiger partial charge in [-0.25, -0.2) is 0 Å². The molecule has 23 heavy (non-hydrogen) atoms. The molecule has 0 spiro atoms. The van der Waals surface area contributed by atoms with Gasteiger partial charge < -0.3 is 0 Å². The highest BCUT2D eigenvalue weighted by molar-refractivity contribution is 6.13. The molecule has 4 rings (SSSR count). The molecule has 112 valence electrons. The molecule has 0 heterocycles. The summed E-state index contributed by atoms with van der Waals surface area (Å²) in [6.07, 6.45) is 0. The van der Waals surface area contributed by atoms with Gasteiger partial charge in [-0.2, -0.15) is 0 Å². The lowest BCUT2D eigenvalue weighted by atomic mass is 9.72. The summed E-state index contributed by atoms with van der Waals surface area (Å²) in [7, 11) is 0. The molecular weight excluding hydrogens is 280 g/mol. The Balaban J connectivity index is 2.09. The standard InChI is InChI=1S/C22H18O/c1-14-8-3-4-10-16(14)21-17-11-5-6-12-18(17)22(23)19-13-7-9-15(2)20(19)21/h3-13,21H,1-2H3. The number of rotatable bonds is 1. The molecule has 0 saturated heterocycles. The molecule has 0 N–H and O–H groups in total. The van der Waals surface area contributed by atoms with Crippen LogP contribution in [0.5, 0.6) is 0 Å². The van der Waals surface area contributed by atoms with Crippen LogP contribution in [0.1, 0.15) is 49.7 Å². The van der Waals surface area contributed by atoms with Crippen molar-refractivity contribution < 1.29 is 4.79 Å². The summed E-state index contributed by atoms with van der Waals surface area (Å²) in [4.78, 5) is 12.9. The summed E-state index contributed by atoms with van der Waals surface area (Å²) in [5.41, 5.74) is 7.67. The lowest BCUT2D eigenvalue weighted by Gasteiger charge is -2.30. The van der Waals surface area contributed by atoms with Crippen molar-refractivity contribution in [1.82, 2.24) is 0 Å². The number of carbonyl (C=O) groups is 1. The van der Waals surface area contributed by atoms with E-state index in [0.717, 1.165) is 22.3 Å². The van der Waals surface area contributed by atoms with Crippen molar-refractivity contribution in [1.29, 1.82) is 0 Å². The van der Waals surface area contributed by atoms with Crippen LogP contribution < -0.4 is 0 Å². The third-order valence-corrected chi connectivity index (χ3v) is 4.87. The molecule has 1 heteroatoms. The summed E-state index contributed by atoms with van der Waals surface area (Å²) in [6.45, 7) is 4.25. The molecule has 0 amide bonds. The minimum Gasteiger partial charge on any atom is -0.289 e. The van der Waals surface area contributed by atoms with E-state index in [1.807, 2.05) is 30.3 Å². The number of ketones is 1. The van der Waals surface area contributed by atoms with Gasteiger partial charge in [0.1, 0.15) is 0 Å². The summed E-state index contributed by atoms with van der Waals surface area (Å²) in [5.74, 6) is 0.269. The molecule has 3 aromatic rings. The highest BCUT2D eigenvalue weighted by Gasteiger charge is 2.33. The van der Waals surface area contributed by atoms with Crippen LogP contribution >= 0.6 is 0 Å². The van der Waals surface area contributed by atoms with Crippen molar-refractivity contribution in [2.75, 3.05) is 0 Å². The van der Waals surface area contributed by atoms with E-state index in [4.69, 9.17) is 0 Å². The Kier molecular flexibility index (Phi) is 3.16. The molecule has 0 aromatic heterocycles. The van der Waals surface area contributed by atoms with Gasteiger partial charge in [0.15, 0.2) is 5.78 Å². The Morgan fingerprint density at radius 1 is 0.652 bits per heavy atom. The third-order valence-electron chi connectivity index (χ3n) is 4.87. The van der Waals surface area contributed by atoms with Crippen LogP contribution in [0.3, 0.4) is 0 Å². The molecule has 1 nitrogen and oxygen atoms in total. The molecule has 0 bridgehead atoms. The smallest absolute Gasteiger partial charge is 0.193 e. The summed E-state index contributed by atoms with van der Waals surface area (Å²) in [5, 5.41) is 0. The molecular formula is C22H18O. The van der Waals surface area contributed by atoms with E-state index in [0.29, 0.717) is 0 Å². The molecule has 0 radical (unpaired) electrons. The summed E-state index contributed by atoms with van der Waals surface area (Å²) >= 11 is 0. The quantitative estimate of drug-likeness (QED) is 0.482. The Labute approximate surface area is 136 Å². The molecule has 0 saturated carbocycles. The average molecular weight is 298 g/mol. The summed E-state index contributed by atoms with van der Waals surface area (Å²) in [6, 6.07) is 22.6. The van der Waals surface area contributed by atoms with Crippen LogP contribution in [0.4, 0.5) is 0 Å². The van der Waals surface area contributed by atoms with Gasteiger partial charge in [0.05, 0.1) is 0 Å². The number of benzene rings is 3. The van der Waals surface area contributed by atoms with E-state index in [-0.39, 0.29) is 11.7 Å². The monoisotopic (exact) mass is 298 g/mol. The zero-order valence-corrected chi connectivity index (χ0v) is 13.3. The average Bonchev–Trinajstić information content (AvgIpc) is 2.57. The van der Waals surface area contributed by atoms with Crippen molar-refractivity contribution >= 4 is 5.78 Å². The van der Waals surface area contributed by atoms with Crippen molar-refractivity contribution in [3.63, 3.8) is 0 Å². The molecule has 1 aliphatic carbocycles. The second-order valence-electron chi connectivity index (χ2n) is 6.24. The van der Waals surface area contributed by atoms with E-state index >= 15 is 0 Å². The third kappa shape index (κ3) is 2.04. The SMILES string of the molecule is Cc1ccccc1C1c2ccccc2C(=O)c2cccc(C)c21. The first-order chi connectivity index (χ1) is 11.2. The molecule has 0 aliphatic heterocycles. The van der Waals surface area contributed by atoms with Crippen LogP contribution in [0.25, 0.3) is 0 Å². The van der Waals surface area contributed by atoms with E-state index < -0.39 is 0 Å². The second kappa shape index (κ2) is 5.20. The largest absolute Gasteiger partial charge is 0.289 e. The minimum atomic E-state index is 0.126. The predicted octanol–water partition coefficient (Wildman–Crippen LogP) is 5.03. The Morgan fingerprint density at radius 2 is 1.26 bits per heavy atom. The number of hydrogen-bond acceptors (Lipinski definition) is 1. The van der Waals surface area contributed by atoms with Crippen molar-refractivity contribution in [2.24, 2.45) is 0 Å². The zero-order valence-electron chi connectivity index (χ0n) is 13.3. The van der Waals surface area contributed by atoms with Crippen LogP contribution in [0, 0.1) is 13.8 Å². The maximum absolute atomic E-state index is 12.9. The Morgan fingerprint density at radius 3 is 2.04 bits per heavy atom. The van der Waals surface area contributed by atoms with Crippen LogP contribution in [-0.2, 0) is 0 Å². The van der Waals surface area contributed by atoms with Gasteiger partial charge in [-0.3, -0.25) is 4.79 Å². The first kappa shape index (κ1) is 14.0. The van der Waals surface area contributed by atoms with Gasteiger partial charge in [-0.05, 0) is 41.7 Å². The number of carbonyl (C=O) groups excluding carboxylic acids is 1. The molecule has 1 atom stereocenters. The Hall–Kier alpha value is -2.67. The van der Waals surface area contributed by atoms with E-state index in [1.165, 1.54) is 16.7 Å². The predicted molar refractivity (Wildman–Crippen MR) is 93.2 cm³/mol. The van der Waals surface area contributed by atoms with Crippen molar-refractivity contribution in [2.45, 2.75) is 19.8 Å². The van der Waals surface area contributed by atoms with Gasteiger partial charge in [-0.1, -0.05) is 66.7 Å². The number of hydrogen-bond donors (Lipinski definition) is 0. The second-order valence-corrected chi connectivity index (χ2v) is 6.24. The van der Waals surface area contributed by atoms with Gasteiger partial charge in [0, 0.05) is 17.0 Å². The van der Waals surface area contributed by atoms with Gasteiger partial charge in [0.25, 0.3) is 0 Å². The highest BCUT2D eigenvalue weighted by Crippen LogP contribution is 2.43. The molecule has 1 aliphatic rings. The van der Waals surface area contributed by atoms with Gasteiger partial charge in [-0.15, -0.1) is 0 Å². The highest BCUT2D eigenvalue weighted by atomic mass is 16.1. The fourth-order valence-electron chi connectivity index (χ4n) is 3.75. The topological polar surface area (TPSA) is 17.1 Å². The lowest BCUT2D eigenvalue weighted by Crippen LogP contribution is -2.21. The van der Waals surface area contributed by atoms with E-state index in [2.05, 4.69) is 50.2 Å². The normalized spacial score (nSPS) is 15.9. The zero-order chi connectivity index (χ0) is 16.0. The fraction of sp³-hybridized carbons (Fsp3) is 0.136. The fourth-order valence-corrected chi connectivity index (χ4v) is 3.75. The van der Waals surface area contributed by atoms with Crippen LogP contribution in [-0.4, -0.2) is 5.78 Å². The van der Waals surface area contributed by atoms with Crippen LogP contribution in [0.15, 0.2) is 66.7 Å². The van der Waals surface area contributed by atoms with Crippen LogP contribution in [0.2, 0.25) is 0 Å². The minimum absolute atomic E-state index is 0.126. The maximum atomic E-state index is 12.9. The molecule has 0 fully saturated rings. The lowest BCUT2D eigenvalue weighted by molar-refractivity contribution is 0.103. The van der Waals surface area contributed by atoms with Gasteiger partial charge in [0.2, 0.25) is 0 Å². The summed E-state index contributed by atoms with van der Waals surface area (Å²) < 4.78 is 0. The number of fused-ring (bicyclic) bond motifs is 2. The van der Waals surface area contributed by atoms with E-state index in [1.54, 1.807) is 0 Å². The maximum Gasteiger partial charge on any atom is 0.193 e. The van der Waals surface area contributed by atoms with Gasteiger partial charge >= 0.3 is 0 Å². The first-order valence-corrected chi connectivity index (χ1v) is 7.97. The molecule has 3 aromatic carbocycles. The first-order valence-electron chi connectivity index (χ1n) is 7.97. The van der Waals surface area contributed by atoms with Crippen molar-refractivity contribution in [3.8, 4) is 0 Å². The van der Waals surface area contributed by atoms with Crippen molar-refractivity contribution in [3.05, 3.63) is 106 Å². The Bertz CT molecular complexity index is 921. The van der Waals surface area contributed by atoms with E-state index in [9.17, 15) is 4.79 Å². The number of aryl methyl sites for hydroxylation is 2. The molecule has 1 unspecified atom stereocenters.